The van der Waals surface area contributed by atoms with Crippen molar-refractivity contribution in [2.24, 2.45) is 5.73 Å². The van der Waals surface area contributed by atoms with Crippen molar-refractivity contribution < 1.29 is 27.2 Å². The zero-order valence-electron chi connectivity index (χ0n) is 19.3. The van der Waals surface area contributed by atoms with Crippen molar-refractivity contribution in [3.63, 3.8) is 0 Å². The first-order chi connectivity index (χ1) is 18.0. The fourth-order valence-electron chi connectivity index (χ4n) is 3.83. The Kier molecular flexibility index (Phi) is 7.91. The number of anilines is 2. The van der Waals surface area contributed by atoms with Crippen molar-refractivity contribution in [2.75, 3.05) is 17.2 Å². The minimum absolute atomic E-state index is 0.0260. The van der Waals surface area contributed by atoms with E-state index in [0.717, 1.165) is 0 Å². The number of aromatic nitrogens is 2. The lowest BCUT2D eigenvalue weighted by molar-refractivity contribution is -0.137. The summed E-state index contributed by atoms with van der Waals surface area (Å²) >= 11 is 12.1. The van der Waals surface area contributed by atoms with Crippen molar-refractivity contribution in [3.8, 4) is 0 Å². The smallest absolute Gasteiger partial charge is 0.330 e. The second kappa shape index (κ2) is 11.0. The second-order valence-corrected chi connectivity index (χ2v) is 9.12. The summed E-state index contributed by atoms with van der Waals surface area (Å²) in [6.07, 6.45) is -4.50. The zero-order valence-corrected chi connectivity index (χ0v) is 20.8. The zero-order chi connectivity index (χ0) is 27.6. The maximum Gasteiger partial charge on any atom is 0.416 e. The molecule has 38 heavy (non-hydrogen) atoms. The van der Waals surface area contributed by atoms with Crippen LogP contribution in [0.5, 0.6) is 0 Å². The molecule has 0 saturated carbocycles. The number of nitrogens with zero attached hydrogens (tertiary/aromatic N) is 1. The highest BCUT2D eigenvalue weighted by molar-refractivity contribution is 6.42. The minimum atomic E-state index is -4.83. The molecule has 198 valence electrons. The molecule has 0 saturated heterocycles. The van der Waals surface area contributed by atoms with E-state index in [-0.39, 0.29) is 18.3 Å². The van der Waals surface area contributed by atoms with Crippen LogP contribution in [0.1, 0.15) is 33.8 Å². The normalized spacial score (nSPS) is 12.4. The largest absolute Gasteiger partial charge is 0.416 e. The van der Waals surface area contributed by atoms with Crippen molar-refractivity contribution in [2.45, 2.75) is 18.5 Å². The average molecular weight is 568 g/mol. The predicted octanol–water partition coefficient (Wildman–Crippen LogP) is 6.35. The van der Waals surface area contributed by atoms with Crippen LogP contribution in [-0.2, 0) is 11.0 Å². The number of halogens is 6. The number of hydrogen-bond acceptors (Lipinski definition) is 4. The van der Waals surface area contributed by atoms with Crippen LogP contribution in [0.4, 0.5) is 29.1 Å². The van der Waals surface area contributed by atoms with E-state index in [1.807, 2.05) is 0 Å². The van der Waals surface area contributed by atoms with E-state index in [0.29, 0.717) is 56.8 Å². The number of alkyl halides is 3. The topological polar surface area (TPSA) is 113 Å². The number of aromatic amines is 1. The van der Waals surface area contributed by atoms with Gasteiger partial charge in [0.15, 0.2) is 5.82 Å². The van der Waals surface area contributed by atoms with E-state index < -0.39 is 34.9 Å². The van der Waals surface area contributed by atoms with Gasteiger partial charge in [0.05, 0.1) is 27.0 Å². The first-order valence-electron chi connectivity index (χ1n) is 11.1. The number of H-pyrrole nitrogens is 1. The molecule has 0 bridgehead atoms. The van der Waals surface area contributed by atoms with Gasteiger partial charge in [0.25, 0.3) is 5.91 Å². The number of carbonyl (C=O) groups excluding carboxylic acids is 2. The number of hydrogen-bond donors (Lipinski definition) is 4. The van der Waals surface area contributed by atoms with Crippen LogP contribution >= 0.6 is 23.2 Å². The van der Waals surface area contributed by atoms with Crippen LogP contribution < -0.4 is 16.4 Å². The number of rotatable bonds is 7. The molecule has 0 aliphatic rings. The number of nitrogens with one attached hydrogen (secondary N) is 3. The molecule has 4 rings (SSSR count). The van der Waals surface area contributed by atoms with Gasteiger partial charge in [0.2, 0.25) is 5.91 Å². The number of fused-ring (bicyclic) bond motifs is 1. The van der Waals surface area contributed by atoms with Crippen LogP contribution in [0.3, 0.4) is 0 Å². The quantitative estimate of drug-likeness (QED) is 0.195. The molecule has 2 amide bonds. The Labute approximate surface area is 223 Å². The van der Waals surface area contributed by atoms with Gasteiger partial charge in [-0.05, 0) is 67.1 Å². The molecule has 1 atom stereocenters. The second-order valence-electron chi connectivity index (χ2n) is 8.31. The van der Waals surface area contributed by atoms with E-state index in [4.69, 9.17) is 28.9 Å². The number of carbonyl (C=O) groups is 2. The van der Waals surface area contributed by atoms with Gasteiger partial charge in [-0.2, -0.15) is 18.3 Å². The van der Waals surface area contributed by atoms with Gasteiger partial charge in [-0.25, -0.2) is 4.39 Å². The molecular formula is C25H19Cl2F4N5O2. The lowest BCUT2D eigenvalue weighted by Crippen LogP contribution is -2.23. The van der Waals surface area contributed by atoms with Gasteiger partial charge in [-0.15, -0.1) is 0 Å². The van der Waals surface area contributed by atoms with E-state index >= 15 is 0 Å². The number of amides is 2. The van der Waals surface area contributed by atoms with Crippen LogP contribution in [0, 0.1) is 5.82 Å². The van der Waals surface area contributed by atoms with Crippen molar-refractivity contribution in [1.29, 1.82) is 0 Å². The Morgan fingerprint density at radius 1 is 1.00 bits per heavy atom. The lowest BCUT2D eigenvalue weighted by atomic mass is 9.94. The summed E-state index contributed by atoms with van der Waals surface area (Å²) in [7, 11) is 0. The van der Waals surface area contributed by atoms with Crippen molar-refractivity contribution in [3.05, 3.63) is 87.2 Å². The summed E-state index contributed by atoms with van der Waals surface area (Å²) in [5, 5.41) is 12.8. The van der Waals surface area contributed by atoms with Crippen LogP contribution in [-0.4, -0.2) is 28.6 Å². The average Bonchev–Trinajstić information content (AvgIpc) is 3.25. The maximum atomic E-state index is 13.7. The van der Waals surface area contributed by atoms with Gasteiger partial charge < -0.3 is 16.4 Å². The highest BCUT2D eigenvalue weighted by atomic mass is 35.5. The Balaban J connectivity index is 1.57. The Morgan fingerprint density at radius 3 is 2.45 bits per heavy atom. The molecule has 7 nitrogen and oxygen atoms in total. The third-order valence-electron chi connectivity index (χ3n) is 5.67. The first-order valence-corrected chi connectivity index (χ1v) is 11.8. The third-order valence-corrected chi connectivity index (χ3v) is 6.41. The highest BCUT2D eigenvalue weighted by Crippen LogP contribution is 2.32. The monoisotopic (exact) mass is 567 g/mol. The fraction of sp³-hybridized carbons (Fsp3) is 0.160. The van der Waals surface area contributed by atoms with E-state index in [1.165, 1.54) is 6.07 Å². The van der Waals surface area contributed by atoms with E-state index in [2.05, 4.69) is 20.8 Å². The number of nitrogens with two attached hydrogens (primary N) is 1. The van der Waals surface area contributed by atoms with Crippen LogP contribution in [0.2, 0.25) is 10.0 Å². The van der Waals surface area contributed by atoms with E-state index in [1.54, 1.807) is 30.3 Å². The standard InChI is InChI=1S/C25H19Cl2F4N5O2/c26-19-3-1-12(9-20(19)27)17(5-6-32)24(38)33-16-2-4-21-18(11-16)22(36-35-21)34-23(37)13-7-14(25(29,30)31)10-15(28)8-13/h1-4,7-11,17H,5-6,32H2,(H,33,38)(H2,34,35,36,37). The molecule has 0 radical (unpaired) electrons. The molecule has 0 aliphatic heterocycles. The fourth-order valence-corrected chi connectivity index (χ4v) is 4.13. The lowest BCUT2D eigenvalue weighted by Gasteiger charge is -2.17. The summed E-state index contributed by atoms with van der Waals surface area (Å²) in [6, 6.07) is 11.1. The van der Waals surface area contributed by atoms with Gasteiger partial charge in [0.1, 0.15) is 5.82 Å². The van der Waals surface area contributed by atoms with Gasteiger partial charge in [-0.3, -0.25) is 14.7 Å². The molecule has 0 aliphatic carbocycles. The van der Waals surface area contributed by atoms with Gasteiger partial charge in [0, 0.05) is 16.6 Å². The molecule has 0 spiro atoms. The molecular weight excluding hydrogens is 549 g/mol. The van der Waals surface area contributed by atoms with Gasteiger partial charge in [-0.1, -0.05) is 29.3 Å². The van der Waals surface area contributed by atoms with Crippen molar-refractivity contribution >= 4 is 57.4 Å². The summed E-state index contributed by atoms with van der Waals surface area (Å²) in [4.78, 5) is 25.7. The highest BCUT2D eigenvalue weighted by Gasteiger charge is 2.32. The first kappa shape index (κ1) is 27.4. The summed E-state index contributed by atoms with van der Waals surface area (Å²) in [5.41, 5.74) is 5.31. The Morgan fingerprint density at radius 2 is 1.76 bits per heavy atom. The van der Waals surface area contributed by atoms with Crippen LogP contribution in [0.25, 0.3) is 10.9 Å². The molecule has 4 aromatic rings. The summed E-state index contributed by atoms with van der Waals surface area (Å²) in [5.74, 6) is -3.25. The molecule has 1 heterocycles. The SMILES string of the molecule is NCCC(C(=O)Nc1ccc2[nH]nc(NC(=O)c3cc(F)cc(C(F)(F)F)c3)c2c1)c1ccc(Cl)c(Cl)c1. The van der Waals surface area contributed by atoms with E-state index in [9.17, 15) is 27.2 Å². The minimum Gasteiger partial charge on any atom is -0.330 e. The molecule has 1 aromatic heterocycles. The predicted molar refractivity (Wildman–Crippen MR) is 137 cm³/mol. The molecule has 5 N–H and O–H groups in total. The number of benzene rings is 3. The molecule has 13 heteroatoms. The van der Waals surface area contributed by atoms with Crippen LogP contribution in [0.15, 0.2) is 54.6 Å². The summed E-state index contributed by atoms with van der Waals surface area (Å²) < 4.78 is 52.8. The molecule has 1 unspecified atom stereocenters. The van der Waals surface area contributed by atoms with Crippen molar-refractivity contribution in [1.82, 2.24) is 10.2 Å². The Bertz CT molecular complexity index is 1520. The molecule has 3 aromatic carbocycles. The third kappa shape index (κ3) is 6.07. The maximum absolute atomic E-state index is 13.7. The molecule has 0 fully saturated rings. The van der Waals surface area contributed by atoms with Gasteiger partial charge >= 0.3 is 6.18 Å². The summed E-state index contributed by atoms with van der Waals surface area (Å²) in [6.45, 7) is 0.228. The Hall–Kier alpha value is -3.67.